The standard InChI is InChI=1S/C14H20ClNO3/c15-13-2-1-3-14(12(13)10-18)16-6-4-11(5-7-16)19-9-8-17/h1-3,11,17-18H,4-10H2. The summed E-state index contributed by atoms with van der Waals surface area (Å²) in [6.45, 7) is 2.19. The van der Waals surface area contributed by atoms with Gasteiger partial charge in [-0.1, -0.05) is 17.7 Å². The average molecular weight is 286 g/mol. The van der Waals surface area contributed by atoms with Crippen LogP contribution in [-0.4, -0.2) is 42.6 Å². The Kier molecular flexibility index (Phi) is 5.45. The van der Waals surface area contributed by atoms with Crippen LogP contribution in [-0.2, 0) is 11.3 Å². The summed E-state index contributed by atoms with van der Waals surface area (Å²) in [5, 5.41) is 18.8. The van der Waals surface area contributed by atoms with Crippen LogP contribution in [0.3, 0.4) is 0 Å². The first-order valence-corrected chi connectivity index (χ1v) is 6.99. The Labute approximate surface area is 118 Å². The fourth-order valence-electron chi connectivity index (χ4n) is 2.48. The molecule has 106 valence electrons. The van der Waals surface area contributed by atoms with Gasteiger partial charge in [-0.05, 0) is 25.0 Å². The molecule has 0 unspecified atom stereocenters. The molecule has 1 aliphatic heterocycles. The summed E-state index contributed by atoms with van der Waals surface area (Å²) in [4.78, 5) is 2.23. The molecule has 1 aromatic carbocycles. The number of benzene rings is 1. The lowest BCUT2D eigenvalue weighted by atomic mass is 10.0. The van der Waals surface area contributed by atoms with Crippen LogP contribution in [0.4, 0.5) is 5.69 Å². The van der Waals surface area contributed by atoms with Crippen molar-refractivity contribution >= 4 is 17.3 Å². The zero-order valence-corrected chi connectivity index (χ0v) is 11.6. The number of ether oxygens (including phenoxy) is 1. The number of piperidine rings is 1. The van der Waals surface area contributed by atoms with Gasteiger partial charge in [0, 0.05) is 29.4 Å². The third-order valence-electron chi connectivity index (χ3n) is 3.48. The molecule has 0 radical (unpaired) electrons. The van der Waals surface area contributed by atoms with Crippen molar-refractivity contribution in [2.24, 2.45) is 0 Å². The first-order valence-electron chi connectivity index (χ1n) is 6.62. The molecule has 1 heterocycles. The smallest absolute Gasteiger partial charge is 0.0716 e. The van der Waals surface area contributed by atoms with Gasteiger partial charge in [0.05, 0.1) is 25.9 Å². The molecule has 2 rings (SSSR count). The molecule has 0 atom stereocenters. The Bertz CT molecular complexity index is 406. The Hall–Kier alpha value is -0.810. The summed E-state index contributed by atoms with van der Waals surface area (Å²) in [6, 6.07) is 5.70. The Balaban J connectivity index is 1.99. The van der Waals surface area contributed by atoms with E-state index in [0.29, 0.717) is 11.6 Å². The number of nitrogens with zero attached hydrogens (tertiary/aromatic N) is 1. The Morgan fingerprint density at radius 3 is 2.63 bits per heavy atom. The summed E-state index contributed by atoms with van der Waals surface area (Å²) in [5.41, 5.74) is 1.80. The van der Waals surface area contributed by atoms with E-state index in [1.807, 2.05) is 12.1 Å². The minimum atomic E-state index is -0.0457. The van der Waals surface area contributed by atoms with E-state index < -0.39 is 0 Å². The lowest BCUT2D eigenvalue weighted by Gasteiger charge is -2.34. The van der Waals surface area contributed by atoms with Crippen LogP contribution in [0.25, 0.3) is 0 Å². The highest BCUT2D eigenvalue weighted by Gasteiger charge is 2.21. The van der Waals surface area contributed by atoms with E-state index in [9.17, 15) is 5.11 Å². The van der Waals surface area contributed by atoms with Crippen LogP contribution in [0.1, 0.15) is 18.4 Å². The summed E-state index contributed by atoms with van der Waals surface area (Å²) in [7, 11) is 0. The SMILES string of the molecule is OCCOC1CCN(c2cccc(Cl)c2CO)CC1. The minimum Gasteiger partial charge on any atom is -0.394 e. The maximum atomic E-state index is 9.43. The molecule has 4 nitrogen and oxygen atoms in total. The van der Waals surface area contributed by atoms with Crippen LogP contribution in [0, 0.1) is 0 Å². The third kappa shape index (κ3) is 3.60. The monoisotopic (exact) mass is 285 g/mol. The van der Waals surface area contributed by atoms with Crippen LogP contribution >= 0.6 is 11.6 Å². The van der Waals surface area contributed by atoms with Crippen molar-refractivity contribution in [1.82, 2.24) is 0 Å². The lowest BCUT2D eigenvalue weighted by molar-refractivity contribution is 0.0159. The predicted octanol–water partition coefficient (Wildman–Crippen LogP) is 1.81. The molecular formula is C14H20ClNO3. The number of anilines is 1. The highest BCUT2D eigenvalue weighted by molar-refractivity contribution is 6.31. The summed E-state index contributed by atoms with van der Waals surface area (Å²) < 4.78 is 5.54. The van der Waals surface area contributed by atoms with E-state index in [1.54, 1.807) is 6.07 Å². The summed E-state index contributed by atoms with van der Waals surface area (Å²) in [6.07, 6.45) is 2.08. The fraction of sp³-hybridized carbons (Fsp3) is 0.571. The highest BCUT2D eigenvalue weighted by atomic mass is 35.5. The van der Waals surface area contributed by atoms with Crippen LogP contribution in [0.5, 0.6) is 0 Å². The van der Waals surface area contributed by atoms with Crippen molar-refractivity contribution in [2.45, 2.75) is 25.6 Å². The quantitative estimate of drug-likeness (QED) is 0.866. The Morgan fingerprint density at radius 2 is 2.00 bits per heavy atom. The van der Waals surface area contributed by atoms with Crippen molar-refractivity contribution in [3.63, 3.8) is 0 Å². The number of rotatable bonds is 5. The first kappa shape index (κ1) is 14.6. The number of aliphatic hydroxyl groups is 2. The molecule has 0 bridgehead atoms. The highest BCUT2D eigenvalue weighted by Crippen LogP contribution is 2.30. The second-order valence-corrected chi connectivity index (χ2v) is 5.08. The third-order valence-corrected chi connectivity index (χ3v) is 3.83. The van der Waals surface area contributed by atoms with E-state index in [4.69, 9.17) is 21.4 Å². The van der Waals surface area contributed by atoms with Crippen molar-refractivity contribution in [1.29, 1.82) is 0 Å². The molecule has 0 spiro atoms. The molecule has 5 heteroatoms. The normalized spacial score (nSPS) is 16.9. The van der Waals surface area contributed by atoms with E-state index in [0.717, 1.165) is 37.2 Å². The Morgan fingerprint density at radius 1 is 1.26 bits per heavy atom. The van der Waals surface area contributed by atoms with Crippen LogP contribution in [0.15, 0.2) is 18.2 Å². The molecule has 0 aromatic heterocycles. The van der Waals surface area contributed by atoms with Crippen molar-refractivity contribution in [3.05, 3.63) is 28.8 Å². The molecule has 1 fully saturated rings. The lowest BCUT2D eigenvalue weighted by Crippen LogP contribution is -2.37. The van der Waals surface area contributed by atoms with Gasteiger partial charge in [0.25, 0.3) is 0 Å². The van der Waals surface area contributed by atoms with Gasteiger partial charge >= 0.3 is 0 Å². The summed E-state index contributed by atoms with van der Waals surface area (Å²) in [5.74, 6) is 0. The number of hydrogen-bond donors (Lipinski definition) is 2. The van der Waals surface area contributed by atoms with Gasteiger partial charge < -0.3 is 19.8 Å². The maximum Gasteiger partial charge on any atom is 0.0716 e. The van der Waals surface area contributed by atoms with Crippen LogP contribution < -0.4 is 4.90 Å². The zero-order valence-electron chi connectivity index (χ0n) is 10.9. The molecule has 1 saturated heterocycles. The van der Waals surface area contributed by atoms with Crippen LogP contribution in [0.2, 0.25) is 5.02 Å². The second-order valence-electron chi connectivity index (χ2n) is 4.68. The van der Waals surface area contributed by atoms with E-state index in [2.05, 4.69) is 4.90 Å². The van der Waals surface area contributed by atoms with E-state index in [-0.39, 0.29) is 19.3 Å². The van der Waals surface area contributed by atoms with E-state index in [1.165, 1.54) is 0 Å². The van der Waals surface area contributed by atoms with Gasteiger partial charge in [0.1, 0.15) is 0 Å². The molecule has 2 N–H and O–H groups in total. The topological polar surface area (TPSA) is 52.9 Å². The molecule has 0 aliphatic carbocycles. The predicted molar refractivity (Wildman–Crippen MR) is 75.6 cm³/mol. The van der Waals surface area contributed by atoms with Gasteiger partial charge in [-0.3, -0.25) is 0 Å². The largest absolute Gasteiger partial charge is 0.394 e. The van der Waals surface area contributed by atoms with Gasteiger partial charge in [-0.2, -0.15) is 0 Å². The van der Waals surface area contributed by atoms with Crippen molar-refractivity contribution < 1.29 is 14.9 Å². The average Bonchev–Trinajstić information content (AvgIpc) is 2.45. The van der Waals surface area contributed by atoms with Gasteiger partial charge in [0.15, 0.2) is 0 Å². The fourth-order valence-corrected chi connectivity index (χ4v) is 2.71. The molecule has 0 saturated carbocycles. The molecule has 19 heavy (non-hydrogen) atoms. The van der Waals surface area contributed by atoms with Gasteiger partial charge in [-0.15, -0.1) is 0 Å². The second kappa shape index (κ2) is 7.10. The maximum absolute atomic E-state index is 9.43. The number of aliphatic hydroxyl groups excluding tert-OH is 2. The minimum absolute atomic E-state index is 0.0457. The van der Waals surface area contributed by atoms with Gasteiger partial charge in [-0.25, -0.2) is 0 Å². The van der Waals surface area contributed by atoms with Crippen molar-refractivity contribution in [2.75, 3.05) is 31.2 Å². The molecule has 1 aromatic rings. The first-order chi connectivity index (χ1) is 9.26. The molecule has 0 amide bonds. The van der Waals surface area contributed by atoms with E-state index >= 15 is 0 Å². The zero-order chi connectivity index (χ0) is 13.7. The summed E-state index contributed by atoms with van der Waals surface area (Å²) >= 11 is 6.11. The van der Waals surface area contributed by atoms with Crippen molar-refractivity contribution in [3.8, 4) is 0 Å². The number of halogens is 1. The van der Waals surface area contributed by atoms with Gasteiger partial charge in [0.2, 0.25) is 0 Å². The molecular weight excluding hydrogens is 266 g/mol. The number of hydrogen-bond acceptors (Lipinski definition) is 4. The molecule has 1 aliphatic rings.